The summed E-state index contributed by atoms with van der Waals surface area (Å²) in [5, 5.41) is 27.2. The maximum absolute atomic E-state index is 12.9. The van der Waals surface area contributed by atoms with Crippen LogP contribution in [0, 0.1) is 0 Å². The first-order chi connectivity index (χ1) is 19.3. The second-order valence-corrected chi connectivity index (χ2v) is 10.6. The van der Waals surface area contributed by atoms with E-state index in [-0.39, 0.29) is 5.56 Å². The van der Waals surface area contributed by atoms with Gasteiger partial charge in [-0.05, 0) is 39.7 Å². The fourth-order valence-corrected chi connectivity index (χ4v) is 5.51. The number of benzene rings is 3. The molecule has 14 heteroatoms. The van der Waals surface area contributed by atoms with Crippen LogP contribution in [0.25, 0.3) is 32.7 Å². The summed E-state index contributed by atoms with van der Waals surface area (Å²) in [7, 11) is -3.27. The number of aromatic nitrogens is 4. The number of ether oxygens (including phenoxy) is 1. The van der Waals surface area contributed by atoms with Gasteiger partial charge in [0.25, 0.3) is 0 Å². The molecule has 2 aromatic heterocycles. The Hall–Kier alpha value is -3.97. The number of aliphatic hydroxyl groups excluding tert-OH is 2. The smallest absolute Gasteiger partial charge is 0.387 e. The topological polar surface area (TPSA) is 178 Å². The van der Waals surface area contributed by atoms with Crippen LogP contribution < -0.4 is 5.32 Å². The molecule has 206 valence electrons. The minimum atomic E-state index is -4.94. The molecule has 40 heavy (non-hydrogen) atoms. The van der Waals surface area contributed by atoms with E-state index >= 15 is 0 Å². The predicted molar refractivity (Wildman–Crippen MR) is 143 cm³/mol. The standard InChI is InChI=1S/C26H24N5O8P/c1-27-23-20-24(29-12-28-23)31(13-30-20)25-22(33)21(32)19(38-25)11-37-40(35,36)39-26(34)17-8-4-7-16-9-14-5-2-3-6-15(14)10-18(16)17/h2-10,12-13,19,21-22,25,32-33H,11H2,1H3,(H,35,36)(H,27,28,29)/t19-,21-,22-,25-/m1/s1. The van der Waals surface area contributed by atoms with Crippen molar-refractivity contribution in [2.24, 2.45) is 0 Å². The lowest BCUT2D eigenvalue weighted by molar-refractivity contribution is -0.0508. The zero-order valence-electron chi connectivity index (χ0n) is 21.0. The average molecular weight is 565 g/mol. The van der Waals surface area contributed by atoms with Crippen LogP contribution in [0.5, 0.6) is 0 Å². The van der Waals surface area contributed by atoms with E-state index in [2.05, 4.69) is 20.3 Å². The van der Waals surface area contributed by atoms with Crippen molar-refractivity contribution in [3.63, 3.8) is 0 Å². The van der Waals surface area contributed by atoms with Crippen LogP contribution in [-0.4, -0.2) is 72.6 Å². The van der Waals surface area contributed by atoms with Gasteiger partial charge in [-0.1, -0.05) is 36.4 Å². The van der Waals surface area contributed by atoms with Crippen molar-refractivity contribution in [3.05, 3.63) is 72.8 Å². The van der Waals surface area contributed by atoms with Gasteiger partial charge in [-0.3, -0.25) is 14.0 Å². The van der Waals surface area contributed by atoms with E-state index in [1.807, 2.05) is 36.4 Å². The van der Waals surface area contributed by atoms with E-state index in [4.69, 9.17) is 13.8 Å². The normalized spacial score (nSPS) is 22.5. The Balaban J connectivity index is 1.16. The SMILES string of the molecule is CNc1ncnc2c1ncn2[C@@H]1O[C@H](COP(=O)(O)OC(=O)c2cccc3cc4ccccc4cc23)[C@@H](O)[C@H]1O. The van der Waals surface area contributed by atoms with Crippen molar-refractivity contribution < 1.29 is 38.3 Å². The Bertz CT molecular complexity index is 1800. The molecule has 3 heterocycles. The third kappa shape index (κ3) is 4.68. The van der Waals surface area contributed by atoms with Crippen LogP contribution in [0.4, 0.5) is 5.82 Å². The predicted octanol–water partition coefficient (Wildman–Crippen LogP) is 2.77. The number of carbonyl (C=O) groups excluding carboxylic acids is 1. The summed E-state index contributed by atoms with van der Waals surface area (Å²) in [5.41, 5.74) is 0.841. The van der Waals surface area contributed by atoms with E-state index in [0.29, 0.717) is 22.4 Å². The zero-order valence-corrected chi connectivity index (χ0v) is 21.9. The van der Waals surface area contributed by atoms with Gasteiger partial charge in [0.05, 0.1) is 18.5 Å². The van der Waals surface area contributed by atoms with Crippen molar-refractivity contribution in [1.82, 2.24) is 19.5 Å². The minimum Gasteiger partial charge on any atom is -0.387 e. The van der Waals surface area contributed by atoms with Gasteiger partial charge >= 0.3 is 13.8 Å². The number of carbonyl (C=O) groups is 1. The Labute approximate surface area is 226 Å². The number of anilines is 1. The van der Waals surface area contributed by atoms with E-state index in [1.54, 1.807) is 19.2 Å². The Kier molecular flexibility index (Phi) is 6.70. The van der Waals surface area contributed by atoms with E-state index in [1.165, 1.54) is 23.3 Å². The summed E-state index contributed by atoms with van der Waals surface area (Å²) >= 11 is 0. The summed E-state index contributed by atoms with van der Waals surface area (Å²) in [5.74, 6) is -0.596. The number of imidazole rings is 1. The molecule has 6 rings (SSSR count). The first kappa shape index (κ1) is 26.3. The summed E-state index contributed by atoms with van der Waals surface area (Å²) in [4.78, 5) is 35.7. The highest BCUT2D eigenvalue weighted by molar-refractivity contribution is 7.48. The van der Waals surface area contributed by atoms with Gasteiger partial charge in [0.15, 0.2) is 17.7 Å². The van der Waals surface area contributed by atoms with Gasteiger partial charge in [-0.15, -0.1) is 0 Å². The number of aliphatic hydroxyl groups is 2. The lowest BCUT2D eigenvalue weighted by Gasteiger charge is -2.17. The molecule has 1 aliphatic rings. The van der Waals surface area contributed by atoms with Crippen LogP contribution in [0.15, 0.2) is 67.3 Å². The van der Waals surface area contributed by atoms with Crippen LogP contribution in [0.2, 0.25) is 0 Å². The largest absolute Gasteiger partial charge is 0.529 e. The monoisotopic (exact) mass is 565 g/mol. The number of phosphoric acid groups is 1. The molecule has 1 saturated heterocycles. The van der Waals surface area contributed by atoms with Gasteiger partial charge in [-0.2, -0.15) is 0 Å². The first-order valence-corrected chi connectivity index (χ1v) is 13.7. The van der Waals surface area contributed by atoms with Crippen LogP contribution in [0.3, 0.4) is 0 Å². The molecule has 1 unspecified atom stereocenters. The molecule has 0 spiro atoms. The molecule has 0 aliphatic carbocycles. The third-order valence-corrected chi connectivity index (χ3v) is 7.65. The summed E-state index contributed by atoms with van der Waals surface area (Å²) in [6, 6.07) is 16.3. The van der Waals surface area contributed by atoms with Crippen molar-refractivity contribution in [1.29, 1.82) is 0 Å². The Morgan fingerprint density at radius 1 is 1.05 bits per heavy atom. The Morgan fingerprint density at radius 2 is 1.80 bits per heavy atom. The Morgan fingerprint density at radius 3 is 2.58 bits per heavy atom. The number of phosphoric ester groups is 1. The molecule has 5 aromatic rings. The number of nitrogens with zero attached hydrogens (tertiary/aromatic N) is 4. The molecule has 0 radical (unpaired) electrons. The summed E-state index contributed by atoms with van der Waals surface area (Å²) in [6.07, 6.45) is -2.61. The van der Waals surface area contributed by atoms with Crippen molar-refractivity contribution in [3.8, 4) is 0 Å². The van der Waals surface area contributed by atoms with E-state index in [9.17, 15) is 24.5 Å². The highest BCUT2D eigenvalue weighted by Crippen LogP contribution is 2.46. The van der Waals surface area contributed by atoms with Gasteiger partial charge in [0, 0.05) is 7.05 Å². The molecule has 4 N–H and O–H groups in total. The van der Waals surface area contributed by atoms with Crippen LogP contribution in [0.1, 0.15) is 16.6 Å². The zero-order chi connectivity index (χ0) is 28.0. The maximum Gasteiger partial charge on any atom is 0.529 e. The second kappa shape index (κ2) is 10.2. The van der Waals surface area contributed by atoms with Gasteiger partial charge in [0.1, 0.15) is 30.2 Å². The quantitative estimate of drug-likeness (QED) is 0.168. The molecule has 0 bridgehead atoms. The van der Waals surface area contributed by atoms with Gasteiger partial charge in [0.2, 0.25) is 0 Å². The minimum absolute atomic E-state index is 0.0867. The fourth-order valence-electron chi connectivity index (χ4n) is 4.81. The van der Waals surface area contributed by atoms with Crippen LogP contribution >= 0.6 is 7.82 Å². The van der Waals surface area contributed by atoms with Crippen molar-refractivity contribution in [2.45, 2.75) is 24.5 Å². The number of nitrogens with one attached hydrogen (secondary N) is 1. The molecule has 0 amide bonds. The van der Waals surface area contributed by atoms with Gasteiger partial charge in [-0.25, -0.2) is 24.3 Å². The molecule has 0 saturated carbocycles. The number of fused-ring (bicyclic) bond motifs is 3. The number of hydrogen-bond donors (Lipinski definition) is 4. The molecule has 5 atom stereocenters. The second-order valence-electron chi connectivity index (χ2n) is 9.21. The molecular weight excluding hydrogens is 541 g/mol. The van der Waals surface area contributed by atoms with Crippen LogP contribution in [-0.2, 0) is 18.3 Å². The molecular formula is C26H24N5O8P. The lowest BCUT2D eigenvalue weighted by Crippen LogP contribution is -2.33. The number of rotatable bonds is 7. The third-order valence-electron chi connectivity index (χ3n) is 6.77. The fraction of sp³-hybridized carbons (Fsp3) is 0.231. The summed E-state index contributed by atoms with van der Waals surface area (Å²) in [6.45, 7) is -0.653. The average Bonchev–Trinajstić information content (AvgIpc) is 3.50. The number of hydrogen-bond acceptors (Lipinski definition) is 11. The first-order valence-electron chi connectivity index (χ1n) is 12.3. The van der Waals surface area contributed by atoms with Crippen molar-refractivity contribution in [2.75, 3.05) is 19.0 Å². The van der Waals surface area contributed by atoms with Crippen molar-refractivity contribution >= 4 is 52.3 Å². The van der Waals surface area contributed by atoms with Gasteiger partial charge < -0.3 is 24.8 Å². The highest BCUT2D eigenvalue weighted by Gasteiger charge is 2.45. The lowest BCUT2D eigenvalue weighted by atomic mass is 10.00. The van der Waals surface area contributed by atoms with E-state index in [0.717, 1.165) is 16.2 Å². The van der Waals surface area contributed by atoms with E-state index < -0.39 is 44.9 Å². The molecule has 13 nitrogen and oxygen atoms in total. The maximum atomic E-state index is 12.9. The molecule has 1 fully saturated rings. The highest BCUT2D eigenvalue weighted by atomic mass is 31.2. The molecule has 3 aromatic carbocycles. The molecule has 1 aliphatic heterocycles. The summed E-state index contributed by atoms with van der Waals surface area (Å²) < 4.78 is 29.7.